The fourth-order valence-electron chi connectivity index (χ4n) is 1.33. The van der Waals surface area contributed by atoms with Crippen LogP contribution in [0.25, 0.3) is 10.9 Å². The van der Waals surface area contributed by atoms with Crippen molar-refractivity contribution in [3.05, 3.63) is 30.0 Å². The summed E-state index contributed by atoms with van der Waals surface area (Å²) in [7, 11) is 0. The molecule has 1 aromatic heterocycles. The Kier molecular flexibility index (Phi) is 1.81. The van der Waals surface area contributed by atoms with E-state index in [-0.39, 0.29) is 0 Å². The van der Waals surface area contributed by atoms with Gasteiger partial charge in [0.1, 0.15) is 0 Å². The number of rotatable bonds is 1. The third kappa shape index (κ3) is 1.01. The molecule has 0 aliphatic rings. The molecule has 0 bridgehead atoms. The molecule has 2 rings (SSSR count). The third-order valence-corrected chi connectivity index (χ3v) is 2.54. The highest BCUT2D eigenvalue weighted by atomic mass is 32.2. The van der Waals surface area contributed by atoms with Crippen molar-refractivity contribution in [1.82, 2.24) is 9.19 Å². The molecule has 1 heterocycles. The zero-order chi connectivity index (χ0) is 8.55. The Morgan fingerprint density at radius 3 is 2.83 bits per heavy atom. The molecule has 2 aromatic rings. The number of aryl methyl sites for hydroxylation is 1. The molecule has 62 valence electrons. The van der Waals surface area contributed by atoms with E-state index >= 15 is 0 Å². The molecule has 3 heteroatoms. The summed E-state index contributed by atoms with van der Waals surface area (Å²) in [6, 6.07) is 8.27. The van der Waals surface area contributed by atoms with Crippen molar-refractivity contribution in [2.75, 3.05) is 6.26 Å². The molecular formula is C9H10N2S. The number of aromatic nitrogens is 2. The summed E-state index contributed by atoms with van der Waals surface area (Å²) in [6.45, 7) is 2.04. The number of hydrogen-bond donors (Lipinski definition) is 0. The van der Waals surface area contributed by atoms with Crippen molar-refractivity contribution in [1.29, 1.82) is 0 Å². The second-order valence-electron chi connectivity index (χ2n) is 2.66. The standard InChI is InChI=1S/C9H10N2S/c1-7-8-5-3-4-6-9(8)11(10-7)12-2/h3-6H,1-2H3. The molecule has 12 heavy (non-hydrogen) atoms. The van der Waals surface area contributed by atoms with Gasteiger partial charge in [-0.1, -0.05) is 18.2 Å². The van der Waals surface area contributed by atoms with Gasteiger partial charge in [-0.2, -0.15) is 5.10 Å². The first kappa shape index (κ1) is 7.68. The summed E-state index contributed by atoms with van der Waals surface area (Å²) >= 11 is 1.62. The first-order valence-corrected chi connectivity index (χ1v) is 5.00. The summed E-state index contributed by atoms with van der Waals surface area (Å²) in [5, 5.41) is 5.63. The highest BCUT2D eigenvalue weighted by Crippen LogP contribution is 2.19. The average molecular weight is 178 g/mol. The molecule has 0 aliphatic carbocycles. The van der Waals surface area contributed by atoms with Crippen LogP contribution in [0.3, 0.4) is 0 Å². The average Bonchev–Trinajstić information content (AvgIpc) is 2.44. The second-order valence-corrected chi connectivity index (χ2v) is 3.37. The summed E-state index contributed by atoms with van der Waals surface area (Å²) in [5.74, 6) is 0. The maximum atomic E-state index is 4.39. The minimum absolute atomic E-state index is 1.10. The molecule has 0 saturated heterocycles. The van der Waals surface area contributed by atoms with E-state index in [2.05, 4.69) is 17.2 Å². The van der Waals surface area contributed by atoms with Gasteiger partial charge in [-0.05, 0) is 24.9 Å². The zero-order valence-corrected chi connectivity index (χ0v) is 7.93. The lowest BCUT2D eigenvalue weighted by Crippen LogP contribution is -1.86. The van der Waals surface area contributed by atoms with Crippen LogP contribution in [0.1, 0.15) is 5.69 Å². The van der Waals surface area contributed by atoms with Gasteiger partial charge in [0.15, 0.2) is 0 Å². The molecule has 0 aliphatic heterocycles. The summed E-state index contributed by atoms with van der Waals surface area (Å²) in [4.78, 5) is 0. The molecule has 0 fully saturated rings. The van der Waals surface area contributed by atoms with Crippen LogP contribution in [-0.2, 0) is 0 Å². The Morgan fingerprint density at radius 1 is 1.33 bits per heavy atom. The number of nitrogens with zero attached hydrogens (tertiary/aromatic N) is 2. The largest absolute Gasteiger partial charge is 0.206 e. The number of hydrogen-bond acceptors (Lipinski definition) is 2. The van der Waals surface area contributed by atoms with Crippen LogP contribution in [0, 0.1) is 6.92 Å². The number of benzene rings is 1. The number of para-hydroxylation sites is 1. The third-order valence-electron chi connectivity index (χ3n) is 1.91. The van der Waals surface area contributed by atoms with E-state index in [9.17, 15) is 0 Å². The monoisotopic (exact) mass is 178 g/mol. The first-order chi connectivity index (χ1) is 5.83. The minimum Gasteiger partial charge on any atom is -0.206 e. The summed E-state index contributed by atoms with van der Waals surface area (Å²) in [5.41, 5.74) is 2.29. The molecule has 0 radical (unpaired) electrons. The van der Waals surface area contributed by atoms with Gasteiger partial charge in [-0.25, -0.2) is 4.09 Å². The minimum atomic E-state index is 1.10. The normalized spacial score (nSPS) is 10.8. The Hall–Kier alpha value is -0.960. The molecule has 0 spiro atoms. The molecule has 0 N–H and O–H groups in total. The van der Waals surface area contributed by atoms with Gasteiger partial charge in [0.2, 0.25) is 0 Å². The van der Waals surface area contributed by atoms with Gasteiger partial charge >= 0.3 is 0 Å². The zero-order valence-electron chi connectivity index (χ0n) is 7.11. The lowest BCUT2D eigenvalue weighted by molar-refractivity contribution is 1.01. The molecule has 0 saturated carbocycles. The second kappa shape index (κ2) is 2.83. The van der Waals surface area contributed by atoms with Gasteiger partial charge < -0.3 is 0 Å². The van der Waals surface area contributed by atoms with Crippen LogP contribution in [0.2, 0.25) is 0 Å². The van der Waals surface area contributed by atoms with Crippen molar-refractivity contribution < 1.29 is 0 Å². The molecular weight excluding hydrogens is 168 g/mol. The Balaban J connectivity index is 2.82. The summed E-state index contributed by atoms with van der Waals surface area (Å²) < 4.78 is 1.95. The van der Waals surface area contributed by atoms with Crippen LogP contribution in [0.15, 0.2) is 24.3 Å². The van der Waals surface area contributed by atoms with Gasteiger partial charge in [-0.15, -0.1) is 0 Å². The SMILES string of the molecule is CSn1nc(C)c2ccccc21. The highest BCUT2D eigenvalue weighted by molar-refractivity contribution is 7.97. The molecule has 0 atom stereocenters. The van der Waals surface area contributed by atoms with Crippen LogP contribution in [-0.4, -0.2) is 15.4 Å². The fourth-order valence-corrected chi connectivity index (χ4v) is 1.89. The fraction of sp³-hybridized carbons (Fsp3) is 0.222. The number of fused-ring (bicyclic) bond motifs is 1. The maximum absolute atomic E-state index is 4.39. The molecule has 1 aromatic carbocycles. The quantitative estimate of drug-likeness (QED) is 0.667. The van der Waals surface area contributed by atoms with E-state index in [1.807, 2.05) is 29.4 Å². The first-order valence-electron chi connectivity index (χ1n) is 3.82. The van der Waals surface area contributed by atoms with E-state index in [0.717, 1.165) is 5.69 Å². The molecule has 2 nitrogen and oxygen atoms in total. The van der Waals surface area contributed by atoms with E-state index in [1.54, 1.807) is 11.9 Å². The van der Waals surface area contributed by atoms with Crippen LogP contribution in [0.4, 0.5) is 0 Å². The van der Waals surface area contributed by atoms with Crippen molar-refractivity contribution >= 4 is 22.9 Å². The van der Waals surface area contributed by atoms with E-state index < -0.39 is 0 Å². The van der Waals surface area contributed by atoms with Crippen LogP contribution in [0.5, 0.6) is 0 Å². The van der Waals surface area contributed by atoms with Gasteiger partial charge in [-0.3, -0.25) is 0 Å². The van der Waals surface area contributed by atoms with Gasteiger partial charge in [0.05, 0.1) is 11.2 Å². The maximum Gasteiger partial charge on any atom is 0.0814 e. The van der Waals surface area contributed by atoms with Crippen LogP contribution < -0.4 is 0 Å². The van der Waals surface area contributed by atoms with E-state index in [0.29, 0.717) is 0 Å². The summed E-state index contributed by atoms with van der Waals surface area (Å²) in [6.07, 6.45) is 2.03. The smallest absolute Gasteiger partial charge is 0.0814 e. The predicted octanol–water partition coefficient (Wildman–Crippen LogP) is 2.47. The van der Waals surface area contributed by atoms with Crippen molar-refractivity contribution in [3.63, 3.8) is 0 Å². The molecule has 0 unspecified atom stereocenters. The molecule has 0 amide bonds. The van der Waals surface area contributed by atoms with Gasteiger partial charge in [0.25, 0.3) is 0 Å². The topological polar surface area (TPSA) is 17.8 Å². The van der Waals surface area contributed by atoms with Crippen LogP contribution >= 0.6 is 11.9 Å². The highest BCUT2D eigenvalue weighted by Gasteiger charge is 2.03. The lowest BCUT2D eigenvalue weighted by atomic mass is 10.2. The van der Waals surface area contributed by atoms with E-state index in [4.69, 9.17) is 0 Å². The Labute approximate surface area is 75.7 Å². The van der Waals surface area contributed by atoms with Crippen molar-refractivity contribution in [3.8, 4) is 0 Å². The van der Waals surface area contributed by atoms with Gasteiger partial charge in [0, 0.05) is 11.6 Å². The van der Waals surface area contributed by atoms with Crippen molar-refractivity contribution in [2.24, 2.45) is 0 Å². The lowest BCUT2D eigenvalue weighted by Gasteiger charge is -1.94. The predicted molar refractivity (Wildman–Crippen MR) is 53.4 cm³/mol. The van der Waals surface area contributed by atoms with Crippen molar-refractivity contribution in [2.45, 2.75) is 6.92 Å². The van der Waals surface area contributed by atoms with E-state index in [1.165, 1.54) is 10.9 Å². The Morgan fingerprint density at radius 2 is 2.08 bits per heavy atom. The Bertz CT molecular complexity index is 406.